The molecule has 1 aromatic carbocycles. The van der Waals surface area contributed by atoms with Crippen molar-refractivity contribution in [3.05, 3.63) is 70.3 Å². The lowest BCUT2D eigenvalue weighted by molar-refractivity contribution is -0.145. The normalized spacial score (nSPS) is 28.0. The Hall–Kier alpha value is -3.93. The number of hydrogen-bond acceptors (Lipinski definition) is 9. The van der Waals surface area contributed by atoms with Crippen molar-refractivity contribution in [2.24, 2.45) is 11.8 Å². The number of aromatic nitrogens is 1. The van der Waals surface area contributed by atoms with Gasteiger partial charge < -0.3 is 34.2 Å². The smallest absolute Gasteiger partial charge is 0.420 e. The van der Waals surface area contributed by atoms with E-state index in [-0.39, 0.29) is 41.8 Å². The van der Waals surface area contributed by atoms with Crippen LogP contribution in [0.1, 0.15) is 53.0 Å². The van der Waals surface area contributed by atoms with Crippen LogP contribution in [0.25, 0.3) is 11.1 Å². The number of benzene rings is 1. The van der Waals surface area contributed by atoms with Crippen LogP contribution in [0, 0.1) is 11.8 Å². The quantitative estimate of drug-likeness (QED) is 0.242. The average Bonchev–Trinajstić information content (AvgIpc) is 3.29. The third-order valence-electron chi connectivity index (χ3n) is 8.11. The van der Waals surface area contributed by atoms with Crippen molar-refractivity contribution in [1.29, 1.82) is 0 Å². The maximum atomic E-state index is 13.2. The first-order chi connectivity index (χ1) is 21.3. The zero-order chi connectivity index (χ0) is 33.4. The fourth-order valence-corrected chi connectivity index (χ4v) is 5.66. The number of carbonyl (C=O) groups is 2. The highest BCUT2D eigenvalue weighted by molar-refractivity contribution is 6.05. The van der Waals surface area contributed by atoms with Crippen molar-refractivity contribution in [2.45, 2.75) is 84.8 Å². The lowest BCUT2D eigenvalue weighted by Gasteiger charge is -2.29. The molecule has 0 fully saturated rings. The SMILES string of the molecule is C=CCn1c(=O)oc2cc3c(O)c(c21)C[C@@H](C)C[C@H](OC)[C@H](O)[C@@H](C)/C=C(\C)[C@H](OC(C)=O)C[C@@H](OC)C=C/C=C(\C)C(=O)N3. The van der Waals surface area contributed by atoms with Gasteiger partial charge in [0.05, 0.1) is 29.5 Å². The third kappa shape index (κ3) is 8.84. The Morgan fingerprint density at radius 2 is 1.91 bits per heavy atom. The number of methoxy groups -OCH3 is 2. The number of oxazole rings is 1. The molecule has 0 saturated carbocycles. The molecule has 0 unspecified atom stereocenters. The Morgan fingerprint density at radius 1 is 1.20 bits per heavy atom. The Labute approximate surface area is 263 Å². The molecule has 2 bridgehead atoms. The summed E-state index contributed by atoms with van der Waals surface area (Å²) in [6.07, 6.45) is 6.89. The number of fused-ring (bicyclic) bond motifs is 4. The summed E-state index contributed by atoms with van der Waals surface area (Å²) < 4.78 is 23.9. The summed E-state index contributed by atoms with van der Waals surface area (Å²) in [5, 5.41) is 25.5. The Balaban J connectivity index is 2.16. The number of aliphatic hydroxyl groups is 1. The zero-order valence-corrected chi connectivity index (χ0v) is 27.2. The third-order valence-corrected chi connectivity index (χ3v) is 8.11. The van der Waals surface area contributed by atoms with Gasteiger partial charge in [-0.2, -0.15) is 0 Å². The number of amides is 1. The highest BCUT2D eigenvalue weighted by Crippen LogP contribution is 2.38. The van der Waals surface area contributed by atoms with Gasteiger partial charge in [0.2, 0.25) is 0 Å². The number of nitrogens with zero attached hydrogens (tertiary/aromatic N) is 1. The number of aliphatic hydroxyl groups excluding tert-OH is 1. The molecular weight excluding hydrogens is 580 g/mol. The topological polar surface area (TPSA) is 149 Å². The summed E-state index contributed by atoms with van der Waals surface area (Å²) in [5.41, 5.74) is 2.22. The molecule has 0 aliphatic carbocycles. The van der Waals surface area contributed by atoms with E-state index in [0.717, 1.165) is 5.57 Å². The number of allylic oxidation sites excluding steroid dienone is 3. The predicted octanol–water partition coefficient (Wildman–Crippen LogP) is 4.80. The molecule has 2 aromatic rings. The Morgan fingerprint density at radius 3 is 2.53 bits per heavy atom. The van der Waals surface area contributed by atoms with Crippen LogP contribution in [0.2, 0.25) is 0 Å². The molecule has 1 aromatic heterocycles. The van der Waals surface area contributed by atoms with E-state index >= 15 is 0 Å². The molecule has 0 radical (unpaired) electrons. The van der Waals surface area contributed by atoms with Crippen LogP contribution in [-0.4, -0.2) is 65.3 Å². The van der Waals surface area contributed by atoms with E-state index in [1.54, 1.807) is 31.2 Å². The molecule has 2 heterocycles. The van der Waals surface area contributed by atoms with Crippen molar-refractivity contribution in [3.63, 3.8) is 0 Å². The summed E-state index contributed by atoms with van der Waals surface area (Å²) in [6, 6.07) is 1.43. The van der Waals surface area contributed by atoms with Crippen LogP contribution in [0.15, 0.2) is 63.4 Å². The van der Waals surface area contributed by atoms with Gasteiger partial charge in [-0.3, -0.25) is 14.2 Å². The van der Waals surface area contributed by atoms with Crippen LogP contribution in [-0.2, 0) is 36.8 Å². The standard InChI is InChI=1S/C34H46N2O9/c1-9-13-36-30-25-14-19(2)15-29(43-8)31(38)22(5)16-21(4)27(44-23(6)37)17-24(42-7)12-10-11-20(3)33(40)35-26(32(25)39)18-28(30)45-34(36)41/h9-12,16,18-19,22,24,27,29,31,38-39H,1,13-15,17H2,2-8H3,(H,35,40)/b12-10?,20-11+,21-16+/t19-,22+,24+,27-,29+,31-/m1/s1. The fourth-order valence-electron chi connectivity index (χ4n) is 5.66. The number of nitrogens with one attached hydrogen (secondary N) is 1. The number of esters is 1. The maximum absolute atomic E-state index is 13.2. The van der Waals surface area contributed by atoms with Gasteiger partial charge in [-0.1, -0.05) is 44.2 Å². The molecule has 0 spiro atoms. The predicted molar refractivity (Wildman–Crippen MR) is 172 cm³/mol. The van der Waals surface area contributed by atoms with Crippen LogP contribution < -0.4 is 11.1 Å². The van der Waals surface area contributed by atoms with E-state index < -0.39 is 42.0 Å². The first kappa shape index (κ1) is 35.5. The molecule has 11 nitrogen and oxygen atoms in total. The lowest BCUT2D eigenvalue weighted by Crippen LogP contribution is -2.35. The maximum Gasteiger partial charge on any atom is 0.420 e. The van der Waals surface area contributed by atoms with Gasteiger partial charge in [0.1, 0.15) is 11.9 Å². The van der Waals surface area contributed by atoms with E-state index in [0.29, 0.717) is 29.5 Å². The van der Waals surface area contributed by atoms with E-state index in [9.17, 15) is 24.6 Å². The van der Waals surface area contributed by atoms with Gasteiger partial charge in [0.15, 0.2) is 5.58 Å². The first-order valence-electron chi connectivity index (χ1n) is 15.1. The number of phenols is 1. The molecule has 1 amide bonds. The second-order valence-electron chi connectivity index (χ2n) is 11.7. The van der Waals surface area contributed by atoms with Crippen LogP contribution in [0.3, 0.4) is 0 Å². The second-order valence-corrected chi connectivity index (χ2v) is 11.7. The number of ether oxygens (including phenoxy) is 3. The molecule has 11 heteroatoms. The number of phenolic OH excluding ortho intramolecular Hbond substituents is 1. The number of hydrogen-bond donors (Lipinski definition) is 3. The minimum Gasteiger partial charge on any atom is -0.505 e. The van der Waals surface area contributed by atoms with Crippen molar-refractivity contribution in [1.82, 2.24) is 4.57 Å². The molecule has 45 heavy (non-hydrogen) atoms. The largest absolute Gasteiger partial charge is 0.505 e. The van der Waals surface area contributed by atoms with Crippen molar-refractivity contribution >= 4 is 28.7 Å². The van der Waals surface area contributed by atoms with Gasteiger partial charge >= 0.3 is 11.7 Å². The second kappa shape index (κ2) is 15.9. The van der Waals surface area contributed by atoms with Crippen molar-refractivity contribution < 1.29 is 38.4 Å². The average molecular weight is 627 g/mol. The van der Waals surface area contributed by atoms with Crippen LogP contribution in [0.4, 0.5) is 5.69 Å². The van der Waals surface area contributed by atoms with Crippen molar-refractivity contribution in [2.75, 3.05) is 19.5 Å². The van der Waals surface area contributed by atoms with Gasteiger partial charge in [-0.05, 0) is 38.2 Å². The number of rotatable bonds is 5. The molecular formula is C34H46N2O9. The van der Waals surface area contributed by atoms with E-state index in [4.69, 9.17) is 18.6 Å². The molecule has 3 N–H and O–H groups in total. The summed E-state index contributed by atoms with van der Waals surface area (Å²) in [7, 11) is 3.06. The number of anilines is 1. The molecule has 0 saturated heterocycles. The highest BCUT2D eigenvalue weighted by atomic mass is 16.5. The molecule has 6 atom stereocenters. The zero-order valence-electron chi connectivity index (χ0n) is 27.2. The number of aromatic hydroxyl groups is 1. The summed E-state index contributed by atoms with van der Waals surface area (Å²) >= 11 is 0. The molecule has 246 valence electrons. The van der Waals surface area contributed by atoms with Gasteiger partial charge in [0, 0.05) is 57.2 Å². The minimum absolute atomic E-state index is 0.0943. The van der Waals surface area contributed by atoms with E-state index in [1.165, 1.54) is 31.8 Å². The summed E-state index contributed by atoms with van der Waals surface area (Å²) in [4.78, 5) is 37.9. The van der Waals surface area contributed by atoms with Gasteiger partial charge in [-0.25, -0.2) is 4.79 Å². The Bertz CT molecular complexity index is 1530. The minimum atomic E-state index is -0.908. The van der Waals surface area contributed by atoms with Crippen LogP contribution in [0.5, 0.6) is 5.75 Å². The van der Waals surface area contributed by atoms with Gasteiger partial charge in [-0.15, -0.1) is 6.58 Å². The summed E-state index contributed by atoms with van der Waals surface area (Å²) in [6.45, 7) is 12.5. The molecule has 1 aliphatic rings. The van der Waals surface area contributed by atoms with Gasteiger partial charge in [0.25, 0.3) is 5.91 Å². The summed E-state index contributed by atoms with van der Waals surface area (Å²) in [5.74, 6) is -2.23. The lowest BCUT2D eigenvalue weighted by atomic mass is 9.87. The highest BCUT2D eigenvalue weighted by Gasteiger charge is 2.29. The van der Waals surface area contributed by atoms with E-state index in [1.807, 2.05) is 26.8 Å². The first-order valence-corrected chi connectivity index (χ1v) is 15.1. The molecule has 1 aliphatic heterocycles. The monoisotopic (exact) mass is 626 g/mol. The fraction of sp³-hybridized carbons (Fsp3) is 0.500. The van der Waals surface area contributed by atoms with Crippen LogP contribution >= 0.6 is 0 Å². The number of carbonyl (C=O) groups excluding carboxylic acids is 2. The Kier molecular flexibility index (Phi) is 12.5. The molecule has 3 rings (SSSR count). The van der Waals surface area contributed by atoms with E-state index in [2.05, 4.69) is 11.9 Å². The van der Waals surface area contributed by atoms with Crippen molar-refractivity contribution in [3.8, 4) is 5.75 Å².